The van der Waals surface area contributed by atoms with Crippen LogP contribution in [-0.2, 0) is 12.6 Å². The topological polar surface area (TPSA) is 24.1 Å². The lowest BCUT2D eigenvalue weighted by Gasteiger charge is -2.08. The van der Waals surface area contributed by atoms with Crippen LogP contribution in [0.25, 0.3) is 0 Å². The third-order valence-electron chi connectivity index (χ3n) is 2.42. The highest BCUT2D eigenvalue weighted by atomic mass is 19.4. The highest BCUT2D eigenvalue weighted by molar-refractivity contribution is 5.24. The van der Waals surface area contributed by atoms with Crippen LogP contribution in [0.3, 0.4) is 0 Å². The lowest BCUT2D eigenvalue weighted by Crippen LogP contribution is -2.26. The van der Waals surface area contributed by atoms with E-state index in [2.05, 4.69) is 10.6 Å². The summed E-state index contributed by atoms with van der Waals surface area (Å²) in [5.41, 5.74) is 0.319. The van der Waals surface area contributed by atoms with Crippen molar-refractivity contribution in [3.8, 4) is 0 Å². The molecule has 96 valence electrons. The molecule has 2 N–H and O–H groups in total. The second-order valence-corrected chi connectivity index (χ2v) is 3.80. The van der Waals surface area contributed by atoms with Crippen molar-refractivity contribution < 1.29 is 13.2 Å². The standard InChI is InChI=1S/C12H17F3N2/c1-16-8-9-17-7-6-10-2-4-11(5-3-10)12(13,14)15/h2-5,16-17H,6-9H2,1H3. The van der Waals surface area contributed by atoms with Crippen LogP contribution in [0.4, 0.5) is 13.2 Å². The summed E-state index contributed by atoms with van der Waals surface area (Å²) in [7, 11) is 1.87. The molecule has 2 nitrogen and oxygen atoms in total. The first-order valence-corrected chi connectivity index (χ1v) is 5.55. The van der Waals surface area contributed by atoms with Gasteiger partial charge in [0, 0.05) is 13.1 Å². The molecular weight excluding hydrogens is 229 g/mol. The van der Waals surface area contributed by atoms with Crippen molar-refractivity contribution in [3.05, 3.63) is 35.4 Å². The summed E-state index contributed by atoms with van der Waals surface area (Å²) in [6, 6.07) is 5.32. The van der Waals surface area contributed by atoms with Gasteiger partial charge in [-0.05, 0) is 37.7 Å². The summed E-state index contributed by atoms with van der Waals surface area (Å²) in [6.07, 6.45) is -3.51. The van der Waals surface area contributed by atoms with Gasteiger partial charge in [0.05, 0.1) is 5.56 Å². The van der Waals surface area contributed by atoms with E-state index in [4.69, 9.17) is 0 Å². The Morgan fingerprint density at radius 1 is 1.00 bits per heavy atom. The normalized spacial score (nSPS) is 11.8. The first-order valence-electron chi connectivity index (χ1n) is 5.55. The van der Waals surface area contributed by atoms with Gasteiger partial charge in [0.15, 0.2) is 0 Å². The summed E-state index contributed by atoms with van der Waals surface area (Å²) in [6.45, 7) is 2.51. The van der Waals surface area contributed by atoms with Gasteiger partial charge in [-0.1, -0.05) is 12.1 Å². The third-order valence-corrected chi connectivity index (χ3v) is 2.42. The minimum absolute atomic E-state index is 0.593. The Hall–Kier alpha value is -1.07. The van der Waals surface area contributed by atoms with E-state index in [1.165, 1.54) is 12.1 Å². The summed E-state index contributed by atoms with van der Waals surface area (Å²) < 4.78 is 36.9. The molecular formula is C12H17F3N2. The maximum atomic E-state index is 12.3. The molecule has 0 aliphatic carbocycles. The number of hydrogen-bond donors (Lipinski definition) is 2. The van der Waals surface area contributed by atoms with Crippen molar-refractivity contribution >= 4 is 0 Å². The van der Waals surface area contributed by atoms with Crippen molar-refractivity contribution in [2.75, 3.05) is 26.7 Å². The highest BCUT2D eigenvalue weighted by Gasteiger charge is 2.29. The van der Waals surface area contributed by atoms with Crippen molar-refractivity contribution in [2.45, 2.75) is 12.6 Å². The molecule has 17 heavy (non-hydrogen) atoms. The molecule has 0 saturated heterocycles. The molecule has 0 aliphatic heterocycles. The molecule has 0 unspecified atom stereocenters. The first kappa shape index (κ1) is 14.0. The number of hydrogen-bond acceptors (Lipinski definition) is 2. The number of nitrogens with one attached hydrogen (secondary N) is 2. The van der Waals surface area contributed by atoms with Crippen LogP contribution < -0.4 is 10.6 Å². The second kappa shape index (κ2) is 6.61. The predicted molar refractivity (Wildman–Crippen MR) is 61.9 cm³/mol. The third kappa shape index (κ3) is 5.19. The zero-order chi connectivity index (χ0) is 12.7. The van der Waals surface area contributed by atoms with Crippen LogP contribution in [0.2, 0.25) is 0 Å². The number of rotatable bonds is 6. The predicted octanol–water partition coefficient (Wildman–Crippen LogP) is 2.06. The van der Waals surface area contributed by atoms with Gasteiger partial charge in [0.25, 0.3) is 0 Å². The monoisotopic (exact) mass is 246 g/mol. The smallest absolute Gasteiger partial charge is 0.318 e. The fourth-order valence-electron chi connectivity index (χ4n) is 1.43. The van der Waals surface area contributed by atoms with E-state index in [0.29, 0.717) is 0 Å². The Labute approximate surface area is 99.2 Å². The van der Waals surface area contributed by atoms with Gasteiger partial charge in [-0.3, -0.25) is 0 Å². The summed E-state index contributed by atoms with van der Waals surface area (Å²) in [4.78, 5) is 0. The molecule has 0 saturated carbocycles. The zero-order valence-corrected chi connectivity index (χ0v) is 9.77. The van der Waals surface area contributed by atoms with Crippen LogP contribution in [-0.4, -0.2) is 26.7 Å². The Balaban J connectivity index is 2.36. The van der Waals surface area contributed by atoms with Crippen LogP contribution in [0.1, 0.15) is 11.1 Å². The summed E-state index contributed by atoms with van der Waals surface area (Å²) in [5.74, 6) is 0. The van der Waals surface area contributed by atoms with E-state index in [0.717, 1.165) is 43.8 Å². The van der Waals surface area contributed by atoms with E-state index in [-0.39, 0.29) is 0 Å². The van der Waals surface area contributed by atoms with E-state index in [1.807, 2.05) is 7.05 Å². The Morgan fingerprint density at radius 3 is 2.18 bits per heavy atom. The number of alkyl halides is 3. The van der Waals surface area contributed by atoms with Gasteiger partial charge in [-0.2, -0.15) is 13.2 Å². The molecule has 0 heterocycles. The summed E-state index contributed by atoms with van der Waals surface area (Å²) in [5, 5.41) is 6.20. The molecule has 1 aromatic rings. The maximum absolute atomic E-state index is 12.3. The maximum Gasteiger partial charge on any atom is 0.416 e. The molecule has 1 aromatic carbocycles. The number of halogens is 3. The van der Waals surface area contributed by atoms with E-state index >= 15 is 0 Å². The van der Waals surface area contributed by atoms with Crippen LogP contribution in [0, 0.1) is 0 Å². The van der Waals surface area contributed by atoms with Gasteiger partial charge in [0.2, 0.25) is 0 Å². The minimum atomic E-state index is -4.25. The Morgan fingerprint density at radius 2 is 1.65 bits per heavy atom. The fourth-order valence-corrected chi connectivity index (χ4v) is 1.43. The number of benzene rings is 1. The van der Waals surface area contributed by atoms with E-state index in [9.17, 15) is 13.2 Å². The van der Waals surface area contributed by atoms with Crippen molar-refractivity contribution in [3.63, 3.8) is 0 Å². The highest BCUT2D eigenvalue weighted by Crippen LogP contribution is 2.29. The minimum Gasteiger partial charge on any atom is -0.318 e. The van der Waals surface area contributed by atoms with Crippen LogP contribution in [0.15, 0.2) is 24.3 Å². The molecule has 0 atom stereocenters. The molecule has 0 aromatic heterocycles. The van der Waals surface area contributed by atoms with Crippen LogP contribution in [0.5, 0.6) is 0 Å². The van der Waals surface area contributed by atoms with Gasteiger partial charge < -0.3 is 10.6 Å². The molecule has 0 radical (unpaired) electrons. The van der Waals surface area contributed by atoms with E-state index < -0.39 is 11.7 Å². The Bertz CT molecular complexity index is 320. The van der Waals surface area contributed by atoms with Crippen molar-refractivity contribution in [2.24, 2.45) is 0 Å². The van der Waals surface area contributed by atoms with Gasteiger partial charge >= 0.3 is 6.18 Å². The molecule has 0 fully saturated rings. The molecule has 0 amide bonds. The molecule has 5 heteroatoms. The SMILES string of the molecule is CNCCNCCc1ccc(C(F)(F)F)cc1. The second-order valence-electron chi connectivity index (χ2n) is 3.80. The summed E-state index contributed by atoms with van der Waals surface area (Å²) >= 11 is 0. The van der Waals surface area contributed by atoms with Gasteiger partial charge in [0.1, 0.15) is 0 Å². The molecule has 0 bridgehead atoms. The van der Waals surface area contributed by atoms with Gasteiger partial charge in [-0.15, -0.1) is 0 Å². The fraction of sp³-hybridized carbons (Fsp3) is 0.500. The molecule has 0 aliphatic rings. The number of likely N-dealkylation sites (N-methyl/N-ethyl adjacent to an activating group) is 1. The van der Waals surface area contributed by atoms with Crippen LogP contribution >= 0.6 is 0 Å². The molecule has 1 rings (SSSR count). The Kier molecular flexibility index (Phi) is 5.44. The largest absolute Gasteiger partial charge is 0.416 e. The quantitative estimate of drug-likeness (QED) is 0.751. The average molecular weight is 246 g/mol. The van der Waals surface area contributed by atoms with Crippen molar-refractivity contribution in [1.29, 1.82) is 0 Å². The van der Waals surface area contributed by atoms with Gasteiger partial charge in [-0.25, -0.2) is 0 Å². The lowest BCUT2D eigenvalue weighted by molar-refractivity contribution is -0.137. The molecule has 0 spiro atoms. The average Bonchev–Trinajstić information content (AvgIpc) is 2.28. The van der Waals surface area contributed by atoms with Crippen molar-refractivity contribution in [1.82, 2.24) is 10.6 Å². The zero-order valence-electron chi connectivity index (χ0n) is 9.77. The lowest BCUT2D eigenvalue weighted by atomic mass is 10.1. The van der Waals surface area contributed by atoms with E-state index in [1.54, 1.807) is 0 Å². The first-order chi connectivity index (χ1) is 8.04.